The van der Waals surface area contributed by atoms with Crippen LogP contribution in [-0.2, 0) is 6.18 Å². The van der Waals surface area contributed by atoms with Crippen LogP contribution < -0.4 is 5.32 Å². The fourth-order valence-corrected chi connectivity index (χ4v) is 4.21. The van der Waals surface area contributed by atoms with E-state index < -0.39 is 17.8 Å². The molecular formula is C22H22Cl2F3NO. The number of aliphatic hydroxyl groups excluding tert-OH is 1. The Morgan fingerprint density at radius 2 is 1.72 bits per heavy atom. The largest absolute Gasteiger partial charge is 0.416 e. The van der Waals surface area contributed by atoms with Gasteiger partial charge >= 0.3 is 6.18 Å². The Kier molecular flexibility index (Phi) is 6.94. The molecule has 0 fully saturated rings. The molecule has 0 amide bonds. The summed E-state index contributed by atoms with van der Waals surface area (Å²) in [6, 6.07) is 8.66. The van der Waals surface area contributed by atoms with Crippen molar-refractivity contribution < 1.29 is 18.3 Å². The SMILES string of the molecule is CCCCNCCC(O)c1c(Cl)cc2c(ccc3ccc(C(F)(F)F)cc32)c1Cl. The van der Waals surface area contributed by atoms with Gasteiger partial charge in [0.25, 0.3) is 0 Å². The molecule has 3 rings (SSSR count). The number of nitrogens with one attached hydrogen (secondary N) is 1. The summed E-state index contributed by atoms with van der Waals surface area (Å²) in [5.74, 6) is 0. The zero-order valence-corrected chi connectivity index (χ0v) is 17.4. The van der Waals surface area contributed by atoms with Crippen molar-refractivity contribution in [2.24, 2.45) is 0 Å². The topological polar surface area (TPSA) is 32.3 Å². The molecule has 156 valence electrons. The molecule has 2 N–H and O–H groups in total. The summed E-state index contributed by atoms with van der Waals surface area (Å²) in [4.78, 5) is 0. The summed E-state index contributed by atoms with van der Waals surface area (Å²) >= 11 is 13.0. The van der Waals surface area contributed by atoms with E-state index in [9.17, 15) is 18.3 Å². The lowest BCUT2D eigenvalue weighted by Crippen LogP contribution is -2.19. The Bertz CT molecular complexity index is 1020. The van der Waals surface area contributed by atoms with Gasteiger partial charge in [-0.05, 0) is 60.3 Å². The fraction of sp³-hybridized carbons (Fsp3) is 0.364. The third-order valence-corrected chi connectivity index (χ3v) is 5.75. The van der Waals surface area contributed by atoms with Crippen molar-refractivity contribution in [3.63, 3.8) is 0 Å². The van der Waals surface area contributed by atoms with Crippen LogP contribution >= 0.6 is 23.2 Å². The Hall–Kier alpha value is -1.53. The van der Waals surface area contributed by atoms with Gasteiger partial charge in [0.05, 0.1) is 16.7 Å². The first-order valence-corrected chi connectivity index (χ1v) is 10.3. The Balaban J connectivity index is 2.01. The molecule has 3 aromatic carbocycles. The average Bonchev–Trinajstić information content (AvgIpc) is 2.66. The van der Waals surface area contributed by atoms with Gasteiger partial charge in [-0.15, -0.1) is 0 Å². The van der Waals surface area contributed by atoms with Crippen molar-refractivity contribution in [2.45, 2.75) is 38.5 Å². The summed E-state index contributed by atoms with van der Waals surface area (Å²) in [5, 5.41) is 16.5. The summed E-state index contributed by atoms with van der Waals surface area (Å²) in [7, 11) is 0. The second kappa shape index (κ2) is 9.09. The molecular weight excluding hydrogens is 422 g/mol. The van der Waals surface area contributed by atoms with E-state index in [1.165, 1.54) is 6.07 Å². The van der Waals surface area contributed by atoms with Crippen molar-refractivity contribution in [1.82, 2.24) is 5.32 Å². The molecule has 0 aromatic heterocycles. The molecule has 0 saturated heterocycles. The maximum atomic E-state index is 13.1. The van der Waals surface area contributed by atoms with Crippen molar-refractivity contribution in [1.29, 1.82) is 0 Å². The molecule has 3 aromatic rings. The van der Waals surface area contributed by atoms with Crippen LogP contribution in [0, 0.1) is 0 Å². The maximum absolute atomic E-state index is 13.1. The number of benzene rings is 3. The highest BCUT2D eigenvalue weighted by atomic mass is 35.5. The van der Waals surface area contributed by atoms with E-state index in [1.807, 2.05) is 0 Å². The lowest BCUT2D eigenvalue weighted by molar-refractivity contribution is -0.137. The number of hydrogen-bond donors (Lipinski definition) is 2. The molecule has 7 heteroatoms. The summed E-state index contributed by atoms with van der Waals surface area (Å²) in [6.45, 7) is 3.58. The number of hydrogen-bond acceptors (Lipinski definition) is 2. The molecule has 2 nitrogen and oxygen atoms in total. The Morgan fingerprint density at radius 1 is 1.00 bits per heavy atom. The van der Waals surface area contributed by atoms with Crippen LogP contribution in [0.25, 0.3) is 21.5 Å². The van der Waals surface area contributed by atoms with Crippen LogP contribution in [-0.4, -0.2) is 18.2 Å². The van der Waals surface area contributed by atoms with Gasteiger partial charge in [0.2, 0.25) is 0 Å². The number of unbranched alkanes of at least 4 members (excludes halogenated alkanes) is 1. The summed E-state index contributed by atoms with van der Waals surface area (Å²) in [6.07, 6.45) is -2.74. The normalized spacial score (nSPS) is 13.3. The molecule has 0 saturated carbocycles. The highest BCUT2D eigenvalue weighted by molar-refractivity contribution is 6.41. The third kappa shape index (κ3) is 4.80. The second-order valence-corrected chi connectivity index (χ2v) is 7.87. The van der Waals surface area contributed by atoms with E-state index >= 15 is 0 Å². The van der Waals surface area contributed by atoms with Crippen molar-refractivity contribution in [2.75, 3.05) is 13.1 Å². The first-order valence-electron chi connectivity index (χ1n) is 9.54. The van der Waals surface area contributed by atoms with E-state index in [1.54, 1.807) is 18.2 Å². The number of rotatable bonds is 7. The van der Waals surface area contributed by atoms with Crippen molar-refractivity contribution in [3.8, 4) is 0 Å². The second-order valence-electron chi connectivity index (χ2n) is 7.09. The first-order chi connectivity index (χ1) is 13.7. The van der Waals surface area contributed by atoms with Crippen LogP contribution in [0.1, 0.15) is 43.4 Å². The number of fused-ring (bicyclic) bond motifs is 3. The molecule has 0 radical (unpaired) electrons. The lowest BCUT2D eigenvalue weighted by Gasteiger charge is -2.18. The summed E-state index contributed by atoms with van der Waals surface area (Å²) < 4.78 is 39.4. The molecule has 0 aliphatic carbocycles. The molecule has 0 aliphatic heterocycles. The number of alkyl halides is 3. The van der Waals surface area contributed by atoms with Crippen LogP contribution in [0.4, 0.5) is 13.2 Å². The smallest absolute Gasteiger partial charge is 0.388 e. The van der Waals surface area contributed by atoms with Gasteiger partial charge in [-0.3, -0.25) is 0 Å². The lowest BCUT2D eigenvalue weighted by atomic mass is 9.96. The highest BCUT2D eigenvalue weighted by Gasteiger charge is 2.30. The van der Waals surface area contributed by atoms with E-state index in [0.29, 0.717) is 40.1 Å². The standard InChI is InChI=1S/C22H22Cl2F3NO/c1-2-3-9-28-10-8-19(29)20-18(23)12-17-15(21(20)24)7-5-13-4-6-14(11-16(13)17)22(25,26)27/h4-7,11-12,19,28-29H,2-3,8-10H2,1H3. The minimum atomic E-state index is -4.44. The minimum Gasteiger partial charge on any atom is -0.388 e. The third-order valence-electron chi connectivity index (χ3n) is 5.03. The van der Waals surface area contributed by atoms with Crippen LogP contribution in [0.2, 0.25) is 10.0 Å². The fourth-order valence-electron chi connectivity index (χ4n) is 3.44. The van der Waals surface area contributed by atoms with Gasteiger partial charge in [-0.2, -0.15) is 13.2 Å². The average molecular weight is 444 g/mol. The van der Waals surface area contributed by atoms with Crippen molar-refractivity contribution >= 4 is 44.7 Å². The van der Waals surface area contributed by atoms with Crippen LogP contribution in [0.15, 0.2) is 36.4 Å². The number of halogens is 5. The predicted molar refractivity (Wildman–Crippen MR) is 114 cm³/mol. The predicted octanol–water partition coefficient (Wildman–Crippen LogP) is 7.13. The molecule has 29 heavy (non-hydrogen) atoms. The van der Waals surface area contributed by atoms with Gasteiger partial charge in [0.15, 0.2) is 0 Å². The summed E-state index contributed by atoms with van der Waals surface area (Å²) in [5.41, 5.74) is -0.323. The first kappa shape index (κ1) is 22.2. The number of aliphatic hydroxyl groups is 1. The molecule has 1 unspecified atom stereocenters. The molecule has 0 spiro atoms. The van der Waals surface area contributed by atoms with Gasteiger partial charge in [-0.25, -0.2) is 0 Å². The molecule has 0 bridgehead atoms. The monoisotopic (exact) mass is 443 g/mol. The van der Waals surface area contributed by atoms with E-state index in [0.717, 1.165) is 31.5 Å². The van der Waals surface area contributed by atoms with Gasteiger partial charge in [0.1, 0.15) is 0 Å². The van der Waals surface area contributed by atoms with Crippen LogP contribution in [0.5, 0.6) is 0 Å². The van der Waals surface area contributed by atoms with E-state index in [2.05, 4.69) is 12.2 Å². The van der Waals surface area contributed by atoms with Gasteiger partial charge in [-0.1, -0.05) is 54.7 Å². The molecule has 1 atom stereocenters. The molecule has 0 heterocycles. The molecule has 0 aliphatic rings. The van der Waals surface area contributed by atoms with E-state index in [4.69, 9.17) is 23.2 Å². The zero-order chi connectivity index (χ0) is 21.2. The van der Waals surface area contributed by atoms with Crippen LogP contribution in [0.3, 0.4) is 0 Å². The highest BCUT2D eigenvalue weighted by Crippen LogP contribution is 2.41. The minimum absolute atomic E-state index is 0.244. The zero-order valence-electron chi connectivity index (χ0n) is 15.9. The van der Waals surface area contributed by atoms with Gasteiger partial charge < -0.3 is 10.4 Å². The van der Waals surface area contributed by atoms with Crippen molar-refractivity contribution in [3.05, 3.63) is 57.6 Å². The van der Waals surface area contributed by atoms with Gasteiger partial charge in [0, 0.05) is 16.0 Å². The quantitative estimate of drug-likeness (QED) is 0.300. The Morgan fingerprint density at radius 3 is 2.41 bits per heavy atom. The maximum Gasteiger partial charge on any atom is 0.416 e. The van der Waals surface area contributed by atoms with E-state index in [-0.39, 0.29) is 10.0 Å². The Labute approximate surface area is 177 Å².